The molecule has 1 N–H and O–H groups in total. The van der Waals surface area contributed by atoms with Gasteiger partial charge in [0, 0.05) is 12.3 Å². The van der Waals surface area contributed by atoms with Crippen LogP contribution in [-0.2, 0) is 0 Å². The second kappa shape index (κ2) is 2.26. The maximum absolute atomic E-state index is 10.1. The van der Waals surface area contributed by atoms with E-state index in [1.807, 2.05) is 0 Å². The molecule has 1 radical (unpaired) electrons. The first-order valence-corrected chi connectivity index (χ1v) is 2.36. The summed E-state index contributed by atoms with van der Waals surface area (Å²) in [5.74, 6) is -1.05. The van der Waals surface area contributed by atoms with Crippen LogP contribution in [0, 0.1) is 6.07 Å². The summed E-state index contributed by atoms with van der Waals surface area (Å²) in [6.45, 7) is 0. The third-order valence-corrected chi connectivity index (χ3v) is 0.809. The number of hydrogen-bond donors (Lipinski definition) is 1. The van der Waals surface area contributed by atoms with Crippen LogP contribution < -0.4 is 0 Å². The first-order chi connectivity index (χ1) is 4.30. The van der Waals surface area contributed by atoms with Gasteiger partial charge in [-0.25, -0.2) is 9.78 Å². The number of aromatic carboxylic acids is 1. The minimum absolute atomic E-state index is 0.0440. The van der Waals surface area contributed by atoms with Crippen LogP contribution in [0.2, 0.25) is 0 Å². The number of hydrogen-bond acceptors (Lipinski definition) is 2. The molecule has 0 aromatic carbocycles. The average molecular weight is 122 g/mol. The van der Waals surface area contributed by atoms with Gasteiger partial charge in [0.15, 0.2) is 5.69 Å². The molecular formula is C6H4NO2. The fraction of sp³-hybridized carbons (Fsp3) is 0. The van der Waals surface area contributed by atoms with E-state index in [0.717, 1.165) is 0 Å². The molecule has 0 atom stereocenters. The average Bonchev–Trinajstić information content (AvgIpc) is 1.90. The van der Waals surface area contributed by atoms with Gasteiger partial charge >= 0.3 is 5.97 Å². The van der Waals surface area contributed by atoms with Crippen molar-refractivity contribution in [1.29, 1.82) is 0 Å². The number of pyridine rings is 1. The van der Waals surface area contributed by atoms with Crippen molar-refractivity contribution in [2.75, 3.05) is 0 Å². The molecule has 45 valence electrons. The van der Waals surface area contributed by atoms with Gasteiger partial charge < -0.3 is 5.11 Å². The summed E-state index contributed by atoms with van der Waals surface area (Å²) < 4.78 is 0. The van der Waals surface area contributed by atoms with E-state index in [4.69, 9.17) is 5.11 Å². The van der Waals surface area contributed by atoms with E-state index in [9.17, 15) is 4.79 Å². The largest absolute Gasteiger partial charge is 0.476 e. The van der Waals surface area contributed by atoms with Gasteiger partial charge in [-0.05, 0) is 6.07 Å². The molecule has 1 aromatic rings. The lowest BCUT2D eigenvalue weighted by Crippen LogP contribution is -1.98. The van der Waals surface area contributed by atoms with Crippen LogP contribution in [-0.4, -0.2) is 16.1 Å². The number of aromatic nitrogens is 1. The zero-order valence-electron chi connectivity index (χ0n) is 4.53. The van der Waals surface area contributed by atoms with Crippen LogP contribution >= 0.6 is 0 Å². The topological polar surface area (TPSA) is 50.2 Å². The number of carbonyl (C=O) groups is 1. The highest BCUT2D eigenvalue weighted by molar-refractivity contribution is 5.84. The molecule has 0 aliphatic carbocycles. The highest BCUT2D eigenvalue weighted by Crippen LogP contribution is 1.89. The zero-order chi connectivity index (χ0) is 6.69. The number of rotatable bonds is 1. The van der Waals surface area contributed by atoms with Crippen LogP contribution in [0.4, 0.5) is 0 Å². The fourth-order valence-corrected chi connectivity index (χ4v) is 0.442. The molecule has 0 amide bonds. The predicted molar refractivity (Wildman–Crippen MR) is 30.0 cm³/mol. The summed E-state index contributed by atoms with van der Waals surface area (Å²) in [7, 11) is 0. The lowest BCUT2D eigenvalue weighted by atomic mass is 10.4. The van der Waals surface area contributed by atoms with Crippen LogP contribution in [0.15, 0.2) is 18.3 Å². The van der Waals surface area contributed by atoms with E-state index < -0.39 is 5.97 Å². The molecule has 1 heterocycles. The molecular weight excluding hydrogens is 118 g/mol. The molecule has 0 unspecified atom stereocenters. The van der Waals surface area contributed by atoms with Crippen molar-refractivity contribution >= 4 is 5.97 Å². The van der Waals surface area contributed by atoms with Gasteiger partial charge in [0.25, 0.3) is 0 Å². The molecule has 1 aromatic heterocycles. The summed E-state index contributed by atoms with van der Waals surface area (Å²) in [6, 6.07) is 5.59. The number of nitrogens with zero attached hydrogens (tertiary/aromatic N) is 1. The van der Waals surface area contributed by atoms with Crippen molar-refractivity contribution < 1.29 is 9.90 Å². The van der Waals surface area contributed by atoms with E-state index in [-0.39, 0.29) is 5.69 Å². The molecule has 0 saturated carbocycles. The quantitative estimate of drug-likeness (QED) is 0.592. The maximum atomic E-state index is 10.1. The minimum atomic E-state index is -1.05. The molecule has 3 nitrogen and oxygen atoms in total. The molecule has 1 rings (SSSR count). The van der Waals surface area contributed by atoms with E-state index in [1.54, 1.807) is 6.07 Å². The molecule has 0 aliphatic rings. The third kappa shape index (κ3) is 1.25. The number of carboxylic acids is 1. The van der Waals surface area contributed by atoms with E-state index in [0.29, 0.717) is 0 Å². The summed E-state index contributed by atoms with van der Waals surface area (Å²) in [6.07, 6.45) is 1.42. The van der Waals surface area contributed by atoms with E-state index >= 15 is 0 Å². The Hall–Kier alpha value is -1.38. The summed E-state index contributed by atoms with van der Waals surface area (Å²) >= 11 is 0. The van der Waals surface area contributed by atoms with Gasteiger partial charge in [0.2, 0.25) is 0 Å². The first-order valence-electron chi connectivity index (χ1n) is 2.36. The lowest BCUT2D eigenvalue weighted by Gasteiger charge is -1.86. The molecule has 0 bridgehead atoms. The second-order valence-corrected chi connectivity index (χ2v) is 1.44. The van der Waals surface area contributed by atoms with Crippen molar-refractivity contribution in [3.63, 3.8) is 0 Å². The van der Waals surface area contributed by atoms with Gasteiger partial charge in [0.1, 0.15) is 0 Å². The predicted octanol–water partition coefficient (Wildman–Crippen LogP) is 0.580. The highest BCUT2D eigenvalue weighted by Gasteiger charge is 1.99. The van der Waals surface area contributed by atoms with Crippen molar-refractivity contribution in [2.24, 2.45) is 0 Å². The number of carboxylic acid groups (broad SMARTS) is 1. The van der Waals surface area contributed by atoms with Gasteiger partial charge in [0.05, 0.1) is 0 Å². The van der Waals surface area contributed by atoms with Crippen molar-refractivity contribution in [3.05, 3.63) is 30.1 Å². The Morgan fingerprint density at radius 3 is 2.89 bits per heavy atom. The Balaban J connectivity index is 2.98. The third-order valence-electron chi connectivity index (χ3n) is 0.809. The molecule has 0 fully saturated rings. The Bertz CT molecular complexity index is 208. The van der Waals surface area contributed by atoms with E-state index in [2.05, 4.69) is 11.1 Å². The minimum Gasteiger partial charge on any atom is -0.476 e. The summed E-state index contributed by atoms with van der Waals surface area (Å²) in [4.78, 5) is 13.6. The maximum Gasteiger partial charge on any atom is 0.355 e. The molecule has 0 saturated heterocycles. The zero-order valence-corrected chi connectivity index (χ0v) is 4.53. The molecule has 9 heavy (non-hydrogen) atoms. The summed E-state index contributed by atoms with van der Waals surface area (Å²) in [5, 5.41) is 8.29. The lowest BCUT2D eigenvalue weighted by molar-refractivity contribution is 0.0690. The van der Waals surface area contributed by atoms with Gasteiger partial charge in [-0.1, -0.05) is 6.07 Å². The van der Waals surface area contributed by atoms with Crippen LogP contribution in [0.1, 0.15) is 10.5 Å². The molecule has 0 aliphatic heterocycles. The van der Waals surface area contributed by atoms with Crippen molar-refractivity contribution in [2.45, 2.75) is 0 Å². The molecule has 0 spiro atoms. The Morgan fingerprint density at radius 1 is 1.78 bits per heavy atom. The monoisotopic (exact) mass is 122 g/mol. The Kier molecular flexibility index (Phi) is 1.44. The Labute approximate surface area is 52.0 Å². The Morgan fingerprint density at radius 2 is 2.56 bits per heavy atom. The highest BCUT2D eigenvalue weighted by atomic mass is 16.4. The van der Waals surface area contributed by atoms with Crippen molar-refractivity contribution in [1.82, 2.24) is 4.98 Å². The second-order valence-electron chi connectivity index (χ2n) is 1.44. The van der Waals surface area contributed by atoms with Crippen molar-refractivity contribution in [3.8, 4) is 0 Å². The van der Waals surface area contributed by atoms with E-state index in [1.165, 1.54) is 12.3 Å². The van der Waals surface area contributed by atoms with Gasteiger partial charge in [-0.15, -0.1) is 0 Å². The smallest absolute Gasteiger partial charge is 0.355 e. The van der Waals surface area contributed by atoms with Crippen LogP contribution in [0.25, 0.3) is 0 Å². The molecule has 3 heteroatoms. The first kappa shape index (κ1) is 5.75. The standard InChI is InChI=1S/C6H4NO2/c8-6(9)5-3-1-2-4-7-5/h1-2,4H,(H,8,9). The van der Waals surface area contributed by atoms with Gasteiger partial charge in [-0.2, -0.15) is 0 Å². The summed E-state index contributed by atoms with van der Waals surface area (Å²) in [5.41, 5.74) is -0.0440. The van der Waals surface area contributed by atoms with Crippen LogP contribution in [0.3, 0.4) is 0 Å². The normalized spacial score (nSPS) is 8.89. The fourth-order valence-electron chi connectivity index (χ4n) is 0.442. The SMILES string of the molecule is O=C(O)c1[c]cccn1. The van der Waals surface area contributed by atoms with Crippen LogP contribution in [0.5, 0.6) is 0 Å². The van der Waals surface area contributed by atoms with Gasteiger partial charge in [-0.3, -0.25) is 0 Å².